The van der Waals surface area contributed by atoms with E-state index in [2.05, 4.69) is 56.6 Å². The lowest BCUT2D eigenvalue weighted by molar-refractivity contribution is 0.183. The van der Waals surface area contributed by atoms with E-state index < -0.39 is 0 Å². The second-order valence-electron chi connectivity index (χ2n) is 5.12. The average molecular weight is 317 g/mol. The second-order valence-corrected chi connectivity index (χ2v) is 6.03. The number of pyridine rings is 1. The standard InChI is InChI=1S/C16H17BrN2/c17-14-7-5-13(6-8-14)16(9-3-10-16)19-12-15-4-1-2-11-18-15/h1-2,4-8,11,19H,3,9-10,12H2. The first-order valence-electron chi connectivity index (χ1n) is 6.70. The van der Waals surface area contributed by atoms with Crippen molar-refractivity contribution in [3.05, 3.63) is 64.4 Å². The molecule has 1 saturated carbocycles. The Kier molecular flexibility index (Phi) is 3.67. The van der Waals surface area contributed by atoms with E-state index in [1.165, 1.54) is 24.8 Å². The van der Waals surface area contributed by atoms with Crippen molar-refractivity contribution in [3.8, 4) is 0 Å². The third kappa shape index (κ3) is 2.72. The minimum absolute atomic E-state index is 0.151. The van der Waals surface area contributed by atoms with Gasteiger partial charge in [-0.05, 0) is 49.1 Å². The third-order valence-electron chi connectivity index (χ3n) is 3.94. The van der Waals surface area contributed by atoms with E-state index in [0.717, 1.165) is 16.7 Å². The van der Waals surface area contributed by atoms with Gasteiger partial charge >= 0.3 is 0 Å². The van der Waals surface area contributed by atoms with Crippen molar-refractivity contribution < 1.29 is 0 Å². The summed E-state index contributed by atoms with van der Waals surface area (Å²) in [5.41, 5.74) is 2.64. The van der Waals surface area contributed by atoms with E-state index in [9.17, 15) is 0 Å². The summed E-state index contributed by atoms with van der Waals surface area (Å²) in [7, 11) is 0. The highest BCUT2D eigenvalue weighted by molar-refractivity contribution is 9.10. The topological polar surface area (TPSA) is 24.9 Å². The van der Waals surface area contributed by atoms with E-state index in [-0.39, 0.29) is 5.54 Å². The molecule has 3 heteroatoms. The third-order valence-corrected chi connectivity index (χ3v) is 4.47. The van der Waals surface area contributed by atoms with Gasteiger partial charge in [0.1, 0.15) is 0 Å². The molecule has 0 amide bonds. The van der Waals surface area contributed by atoms with Crippen LogP contribution in [0.4, 0.5) is 0 Å². The molecular formula is C16H17BrN2. The van der Waals surface area contributed by atoms with Gasteiger partial charge in [0.2, 0.25) is 0 Å². The maximum absolute atomic E-state index is 4.38. The lowest BCUT2D eigenvalue weighted by Gasteiger charge is -2.43. The molecule has 2 nitrogen and oxygen atoms in total. The fourth-order valence-corrected chi connectivity index (χ4v) is 2.89. The van der Waals surface area contributed by atoms with Gasteiger partial charge in [-0.25, -0.2) is 0 Å². The Bertz CT molecular complexity index is 532. The van der Waals surface area contributed by atoms with Crippen molar-refractivity contribution >= 4 is 15.9 Å². The number of aromatic nitrogens is 1. The zero-order valence-corrected chi connectivity index (χ0v) is 12.4. The van der Waals surface area contributed by atoms with Crippen LogP contribution in [0.3, 0.4) is 0 Å². The van der Waals surface area contributed by atoms with E-state index >= 15 is 0 Å². The smallest absolute Gasteiger partial charge is 0.0541 e. The number of hydrogen-bond donors (Lipinski definition) is 1. The summed E-state index contributed by atoms with van der Waals surface area (Å²) < 4.78 is 1.13. The molecule has 0 bridgehead atoms. The summed E-state index contributed by atoms with van der Waals surface area (Å²) in [5.74, 6) is 0. The Morgan fingerprint density at radius 2 is 1.89 bits per heavy atom. The van der Waals surface area contributed by atoms with Gasteiger partial charge in [0.05, 0.1) is 5.69 Å². The lowest BCUT2D eigenvalue weighted by atomic mass is 9.72. The predicted molar refractivity (Wildman–Crippen MR) is 80.7 cm³/mol. The predicted octanol–water partition coefficient (Wildman–Crippen LogP) is 4.01. The summed E-state index contributed by atoms with van der Waals surface area (Å²) >= 11 is 3.50. The van der Waals surface area contributed by atoms with Crippen molar-refractivity contribution in [2.45, 2.75) is 31.3 Å². The molecule has 1 aliphatic carbocycles. The maximum atomic E-state index is 4.38. The van der Waals surface area contributed by atoms with Crippen LogP contribution in [-0.4, -0.2) is 4.98 Å². The first-order valence-corrected chi connectivity index (χ1v) is 7.49. The second kappa shape index (κ2) is 5.43. The minimum Gasteiger partial charge on any atom is -0.302 e. The van der Waals surface area contributed by atoms with E-state index in [4.69, 9.17) is 0 Å². The van der Waals surface area contributed by atoms with Crippen molar-refractivity contribution in [2.75, 3.05) is 0 Å². The van der Waals surface area contributed by atoms with Crippen molar-refractivity contribution in [1.29, 1.82) is 0 Å². The molecule has 3 rings (SSSR count). The Morgan fingerprint density at radius 3 is 2.47 bits per heavy atom. The molecule has 1 fully saturated rings. The van der Waals surface area contributed by atoms with Crippen molar-refractivity contribution in [3.63, 3.8) is 0 Å². The van der Waals surface area contributed by atoms with Gasteiger partial charge in [0, 0.05) is 22.8 Å². The Hall–Kier alpha value is -1.19. The normalized spacial score (nSPS) is 16.9. The van der Waals surface area contributed by atoms with Gasteiger partial charge in [-0.3, -0.25) is 4.98 Å². The number of hydrogen-bond acceptors (Lipinski definition) is 2. The fraction of sp³-hybridized carbons (Fsp3) is 0.312. The maximum Gasteiger partial charge on any atom is 0.0541 e. The van der Waals surface area contributed by atoms with Gasteiger partial charge in [-0.15, -0.1) is 0 Å². The highest BCUT2D eigenvalue weighted by Crippen LogP contribution is 2.41. The highest BCUT2D eigenvalue weighted by atomic mass is 79.9. The first kappa shape index (κ1) is 12.8. The van der Waals surface area contributed by atoms with Gasteiger partial charge < -0.3 is 5.32 Å². The Labute approximate surface area is 122 Å². The molecule has 98 valence electrons. The van der Waals surface area contributed by atoms with E-state index in [1.807, 2.05) is 18.3 Å². The lowest BCUT2D eigenvalue weighted by Crippen LogP contribution is -2.47. The molecule has 1 aromatic carbocycles. The van der Waals surface area contributed by atoms with Gasteiger partial charge in [0.15, 0.2) is 0 Å². The number of nitrogens with one attached hydrogen (secondary N) is 1. The fourth-order valence-electron chi connectivity index (χ4n) is 2.63. The van der Waals surface area contributed by atoms with Crippen LogP contribution in [0, 0.1) is 0 Å². The van der Waals surface area contributed by atoms with Crippen LogP contribution in [0.1, 0.15) is 30.5 Å². The van der Waals surface area contributed by atoms with Crippen LogP contribution < -0.4 is 5.32 Å². The van der Waals surface area contributed by atoms with Crippen LogP contribution in [0.2, 0.25) is 0 Å². The minimum atomic E-state index is 0.151. The molecule has 19 heavy (non-hydrogen) atoms. The summed E-state index contributed by atoms with van der Waals surface area (Å²) in [4.78, 5) is 4.38. The molecule has 1 heterocycles. The molecular weight excluding hydrogens is 300 g/mol. The molecule has 0 atom stereocenters. The van der Waals surface area contributed by atoms with Gasteiger partial charge in [0.25, 0.3) is 0 Å². The Balaban J connectivity index is 1.74. The SMILES string of the molecule is Brc1ccc(C2(NCc3ccccn3)CCC2)cc1. The number of halogens is 1. The van der Waals surface area contributed by atoms with E-state index in [0.29, 0.717) is 0 Å². The van der Waals surface area contributed by atoms with E-state index in [1.54, 1.807) is 0 Å². The summed E-state index contributed by atoms with van der Waals surface area (Å²) in [5, 5.41) is 3.71. The Morgan fingerprint density at radius 1 is 1.11 bits per heavy atom. The molecule has 0 aliphatic heterocycles. The van der Waals surface area contributed by atoms with Crippen LogP contribution in [0.5, 0.6) is 0 Å². The molecule has 0 unspecified atom stereocenters. The number of nitrogens with zero attached hydrogens (tertiary/aromatic N) is 1. The van der Waals surface area contributed by atoms with Crippen LogP contribution in [0.25, 0.3) is 0 Å². The summed E-state index contributed by atoms with van der Waals surface area (Å²) in [6.07, 6.45) is 5.57. The van der Waals surface area contributed by atoms with Crippen LogP contribution in [-0.2, 0) is 12.1 Å². The first-order chi connectivity index (χ1) is 9.28. The highest BCUT2D eigenvalue weighted by Gasteiger charge is 2.37. The monoisotopic (exact) mass is 316 g/mol. The zero-order valence-electron chi connectivity index (χ0n) is 10.8. The van der Waals surface area contributed by atoms with Crippen molar-refractivity contribution in [2.24, 2.45) is 0 Å². The quantitative estimate of drug-likeness (QED) is 0.921. The molecule has 1 N–H and O–H groups in total. The molecule has 1 aromatic heterocycles. The summed E-state index contributed by atoms with van der Waals surface area (Å²) in [6, 6.07) is 14.7. The molecule has 2 aromatic rings. The van der Waals surface area contributed by atoms with Gasteiger partial charge in [-0.1, -0.05) is 34.1 Å². The van der Waals surface area contributed by atoms with Gasteiger partial charge in [-0.2, -0.15) is 0 Å². The average Bonchev–Trinajstić information content (AvgIpc) is 2.41. The number of rotatable bonds is 4. The molecule has 1 aliphatic rings. The molecule has 0 saturated heterocycles. The largest absolute Gasteiger partial charge is 0.302 e. The summed E-state index contributed by atoms with van der Waals surface area (Å²) in [6.45, 7) is 0.830. The molecule has 0 radical (unpaired) electrons. The molecule has 0 spiro atoms. The van der Waals surface area contributed by atoms with Crippen molar-refractivity contribution in [1.82, 2.24) is 10.3 Å². The van der Waals surface area contributed by atoms with Crippen LogP contribution >= 0.6 is 15.9 Å². The zero-order chi connectivity index (χ0) is 13.1. The van der Waals surface area contributed by atoms with Crippen LogP contribution in [0.15, 0.2) is 53.1 Å². The number of benzene rings is 1.